The number of esters is 1. The molecule has 0 aliphatic carbocycles. The Morgan fingerprint density at radius 1 is 1.16 bits per heavy atom. The smallest absolute Gasteiger partial charge is 0.350 e. The first-order chi connectivity index (χ1) is 15.3. The number of carbonyl (C=O) groups excluding carboxylic acids is 3. The topological polar surface area (TPSA) is 96.8 Å². The summed E-state index contributed by atoms with van der Waals surface area (Å²) in [6.07, 6.45) is 0. The van der Waals surface area contributed by atoms with E-state index in [2.05, 4.69) is 4.98 Å². The van der Waals surface area contributed by atoms with Gasteiger partial charge >= 0.3 is 11.9 Å². The Hall–Kier alpha value is -3.49. The number of Topliss-reactive ketones (excluding diaryl/α,β-unsaturated/α-hetero) is 1. The highest BCUT2D eigenvalue weighted by Crippen LogP contribution is 2.44. The van der Waals surface area contributed by atoms with Gasteiger partial charge in [-0.1, -0.05) is 65.4 Å². The van der Waals surface area contributed by atoms with E-state index in [-0.39, 0.29) is 21.3 Å². The monoisotopic (exact) mass is 468 g/mol. The molecule has 1 aliphatic heterocycles. The minimum Gasteiger partial charge on any atom is -0.507 e. The van der Waals surface area contributed by atoms with Crippen molar-refractivity contribution in [3.8, 4) is 0 Å². The molecular weight excluding hydrogens is 452 g/mol. The molecule has 0 spiro atoms. The van der Waals surface area contributed by atoms with Crippen LogP contribution in [0.5, 0.6) is 0 Å². The van der Waals surface area contributed by atoms with Crippen molar-refractivity contribution in [2.45, 2.75) is 13.0 Å². The van der Waals surface area contributed by atoms with Crippen molar-refractivity contribution in [2.24, 2.45) is 0 Å². The largest absolute Gasteiger partial charge is 0.507 e. The molecule has 1 fully saturated rings. The lowest BCUT2D eigenvalue weighted by Crippen LogP contribution is -2.29. The van der Waals surface area contributed by atoms with Gasteiger partial charge < -0.3 is 9.84 Å². The predicted octanol–water partition coefficient (Wildman–Crippen LogP) is 4.52. The summed E-state index contributed by atoms with van der Waals surface area (Å²) in [5.41, 5.74) is 1.19. The van der Waals surface area contributed by atoms with Gasteiger partial charge in [0.1, 0.15) is 10.6 Å². The number of benzene rings is 2. The summed E-state index contributed by atoms with van der Waals surface area (Å²) in [6, 6.07) is 14.2. The Bertz CT molecular complexity index is 1270. The fraction of sp³-hybridized carbons (Fsp3) is 0.130. The normalized spacial score (nSPS) is 17.6. The van der Waals surface area contributed by atoms with Crippen molar-refractivity contribution in [1.82, 2.24) is 4.98 Å². The first kappa shape index (κ1) is 21.7. The third kappa shape index (κ3) is 3.68. The van der Waals surface area contributed by atoms with Crippen LogP contribution in [0.2, 0.25) is 5.02 Å². The molecule has 1 N–H and O–H groups in total. The average Bonchev–Trinajstić information content (AvgIpc) is 3.30. The Labute approximate surface area is 192 Å². The van der Waals surface area contributed by atoms with E-state index in [0.29, 0.717) is 21.8 Å². The third-order valence-corrected chi connectivity index (χ3v) is 6.39. The van der Waals surface area contributed by atoms with Gasteiger partial charge in [-0.15, -0.1) is 0 Å². The molecule has 1 aromatic heterocycles. The van der Waals surface area contributed by atoms with Crippen LogP contribution in [0.15, 0.2) is 60.2 Å². The molecule has 4 rings (SSSR count). The fourth-order valence-electron chi connectivity index (χ4n) is 3.54. The highest BCUT2D eigenvalue weighted by molar-refractivity contribution is 7.17. The molecule has 0 bridgehead atoms. The summed E-state index contributed by atoms with van der Waals surface area (Å²) < 4.78 is 4.78. The quantitative estimate of drug-likeness (QED) is 0.262. The van der Waals surface area contributed by atoms with Crippen LogP contribution in [0.4, 0.5) is 5.13 Å². The van der Waals surface area contributed by atoms with Crippen molar-refractivity contribution < 1.29 is 24.2 Å². The lowest BCUT2D eigenvalue weighted by atomic mass is 9.95. The van der Waals surface area contributed by atoms with E-state index < -0.39 is 23.7 Å². The number of aliphatic hydroxyl groups excluding tert-OH is 1. The number of hydrogen-bond donors (Lipinski definition) is 1. The van der Waals surface area contributed by atoms with E-state index in [1.54, 1.807) is 61.5 Å². The molecule has 162 valence electrons. The van der Waals surface area contributed by atoms with Crippen molar-refractivity contribution in [2.75, 3.05) is 12.0 Å². The second-order valence-electron chi connectivity index (χ2n) is 6.99. The van der Waals surface area contributed by atoms with E-state index in [0.717, 1.165) is 11.3 Å². The van der Waals surface area contributed by atoms with Crippen LogP contribution < -0.4 is 4.90 Å². The van der Waals surface area contributed by atoms with Crippen LogP contribution in [-0.4, -0.2) is 34.9 Å². The Kier molecular flexibility index (Phi) is 5.82. The summed E-state index contributed by atoms with van der Waals surface area (Å²) in [6.45, 7) is 1.61. The fourth-order valence-corrected chi connectivity index (χ4v) is 4.75. The molecule has 7 nitrogen and oxygen atoms in total. The minimum atomic E-state index is -0.982. The molecule has 3 aromatic rings. The van der Waals surface area contributed by atoms with Crippen LogP contribution in [0.3, 0.4) is 0 Å². The number of methoxy groups -OCH3 is 1. The Morgan fingerprint density at radius 3 is 2.53 bits per heavy atom. The van der Waals surface area contributed by atoms with Gasteiger partial charge in [0.25, 0.3) is 5.78 Å². The second-order valence-corrected chi connectivity index (χ2v) is 8.41. The van der Waals surface area contributed by atoms with Gasteiger partial charge in [0.2, 0.25) is 0 Å². The van der Waals surface area contributed by atoms with Crippen LogP contribution in [0, 0.1) is 6.92 Å². The zero-order valence-electron chi connectivity index (χ0n) is 17.0. The molecule has 1 unspecified atom stereocenters. The van der Waals surface area contributed by atoms with E-state index in [1.165, 1.54) is 12.0 Å². The Balaban J connectivity index is 1.95. The molecule has 2 heterocycles. The standard InChI is InChI=1S/C23H17ClN2O5S/c1-12-20(22(30)31-2)32-23(25-12)26-17(14-9-6-10-15(24)11-14)16(19(28)21(26)29)18(27)13-7-4-3-5-8-13/h3-11,17,27H,1-2H3/b18-16+. The highest BCUT2D eigenvalue weighted by atomic mass is 35.5. The van der Waals surface area contributed by atoms with Crippen molar-refractivity contribution in [3.05, 3.63) is 86.9 Å². The summed E-state index contributed by atoms with van der Waals surface area (Å²) in [5.74, 6) is -2.62. The number of aryl methyl sites for hydroxylation is 1. The molecule has 0 radical (unpaired) electrons. The number of ether oxygens (including phenoxy) is 1. The summed E-state index contributed by atoms with van der Waals surface area (Å²) in [5, 5.41) is 11.6. The van der Waals surface area contributed by atoms with E-state index in [4.69, 9.17) is 16.3 Å². The number of rotatable bonds is 4. The molecule has 32 heavy (non-hydrogen) atoms. The summed E-state index contributed by atoms with van der Waals surface area (Å²) >= 11 is 7.12. The zero-order chi connectivity index (χ0) is 23.0. The molecule has 0 saturated carbocycles. The Morgan fingerprint density at radius 2 is 1.88 bits per heavy atom. The number of anilines is 1. The van der Waals surface area contributed by atoms with Gasteiger partial charge in [0, 0.05) is 10.6 Å². The number of amides is 1. The number of nitrogens with zero attached hydrogens (tertiary/aromatic N) is 2. The van der Waals surface area contributed by atoms with Crippen LogP contribution >= 0.6 is 22.9 Å². The molecule has 1 aliphatic rings. The number of ketones is 1. The number of thiazole rings is 1. The van der Waals surface area contributed by atoms with Crippen molar-refractivity contribution in [3.63, 3.8) is 0 Å². The number of aromatic nitrogens is 1. The molecule has 1 saturated heterocycles. The van der Waals surface area contributed by atoms with E-state index >= 15 is 0 Å². The lowest BCUT2D eigenvalue weighted by molar-refractivity contribution is -0.132. The van der Waals surface area contributed by atoms with E-state index in [9.17, 15) is 19.5 Å². The van der Waals surface area contributed by atoms with Gasteiger partial charge in [-0.2, -0.15) is 0 Å². The van der Waals surface area contributed by atoms with Gasteiger partial charge in [0.15, 0.2) is 5.13 Å². The van der Waals surface area contributed by atoms with Gasteiger partial charge in [0.05, 0.1) is 24.4 Å². The first-order valence-electron chi connectivity index (χ1n) is 9.51. The van der Waals surface area contributed by atoms with Crippen LogP contribution in [0.25, 0.3) is 5.76 Å². The molecule has 1 amide bonds. The lowest BCUT2D eigenvalue weighted by Gasteiger charge is -2.23. The second kappa shape index (κ2) is 8.57. The predicted molar refractivity (Wildman–Crippen MR) is 121 cm³/mol. The first-order valence-corrected chi connectivity index (χ1v) is 10.7. The highest BCUT2D eigenvalue weighted by Gasteiger charge is 2.48. The van der Waals surface area contributed by atoms with Crippen LogP contribution in [0.1, 0.15) is 32.5 Å². The number of carbonyl (C=O) groups is 3. The number of halogens is 1. The van der Waals surface area contributed by atoms with Crippen molar-refractivity contribution >= 4 is 51.5 Å². The molecule has 1 atom stereocenters. The van der Waals surface area contributed by atoms with Gasteiger partial charge in [-0.25, -0.2) is 9.78 Å². The summed E-state index contributed by atoms with van der Waals surface area (Å²) in [7, 11) is 1.25. The third-order valence-electron chi connectivity index (χ3n) is 5.02. The number of aliphatic hydroxyl groups is 1. The van der Waals surface area contributed by atoms with Crippen LogP contribution in [-0.2, 0) is 14.3 Å². The maximum atomic E-state index is 13.1. The van der Waals surface area contributed by atoms with Crippen molar-refractivity contribution in [1.29, 1.82) is 0 Å². The minimum absolute atomic E-state index is 0.0871. The van der Waals surface area contributed by atoms with Gasteiger partial charge in [-0.3, -0.25) is 14.5 Å². The molecule has 2 aromatic carbocycles. The SMILES string of the molecule is COC(=O)c1sc(N2C(=O)C(=O)/C(=C(/O)c3ccccc3)C2c2cccc(Cl)c2)nc1C. The maximum Gasteiger partial charge on any atom is 0.350 e. The van der Waals surface area contributed by atoms with Gasteiger partial charge in [-0.05, 0) is 24.6 Å². The van der Waals surface area contributed by atoms with E-state index in [1.807, 2.05) is 0 Å². The molecular formula is C23H17ClN2O5S. The number of hydrogen-bond acceptors (Lipinski definition) is 7. The molecule has 9 heteroatoms. The maximum absolute atomic E-state index is 13.1. The zero-order valence-corrected chi connectivity index (χ0v) is 18.6. The average molecular weight is 469 g/mol. The summed E-state index contributed by atoms with van der Waals surface area (Å²) in [4.78, 5) is 44.1.